The number of rotatable bonds is 7. The first kappa shape index (κ1) is 14.4. The second kappa shape index (κ2) is 8.72. The number of thioether (sulfide) groups is 1. The van der Waals surface area contributed by atoms with Gasteiger partial charge in [-0.15, -0.1) is 11.8 Å². The summed E-state index contributed by atoms with van der Waals surface area (Å²) in [5.41, 5.74) is 1.13. The lowest BCUT2D eigenvalue weighted by molar-refractivity contribution is -0.116. The van der Waals surface area contributed by atoms with Crippen molar-refractivity contribution in [1.82, 2.24) is 0 Å². The van der Waals surface area contributed by atoms with E-state index < -0.39 is 0 Å². The van der Waals surface area contributed by atoms with Crippen LogP contribution >= 0.6 is 11.8 Å². The average Bonchev–Trinajstić information content (AvgIpc) is 2.16. The predicted octanol–water partition coefficient (Wildman–Crippen LogP) is 3.47. The number of carbonyl (C=O) groups is 1. The van der Waals surface area contributed by atoms with E-state index in [4.69, 9.17) is 0 Å². The van der Waals surface area contributed by atoms with Gasteiger partial charge in [0.2, 0.25) is 0 Å². The second-order valence-electron chi connectivity index (χ2n) is 3.63. The minimum atomic E-state index is 0.261. The highest BCUT2D eigenvalue weighted by Crippen LogP contribution is 2.20. The maximum atomic E-state index is 10.8. The average molecular weight is 227 g/mol. The van der Waals surface area contributed by atoms with Crippen LogP contribution < -0.4 is 0 Å². The van der Waals surface area contributed by atoms with Gasteiger partial charge in [-0.1, -0.05) is 6.08 Å². The highest BCUT2D eigenvalue weighted by Gasteiger charge is 1.99. The van der Waals surface area contributed by atoms with Gasteiger partial charge >= 0.3 is 0 Å². The fraction of sp³-hybridized carbons (Fsp3) is 0.667. The van der Waals surface area contributed by atoms with Crippen molar-refractivity contribution in [1.29, 1.82) is 0 Å². The SMILES string of the molecule is CC=C(CCC(C)=O)SCCN=C(C)C. The van der Waals surface area contributed by atoms with Crippen LogP contribution in [0.1, 0.15) is 40.5 Å². The van der Waals surface area contributed by atoms with Gasteiger partial charge in [-0.05, 0) is 39.0 Å². The molecule has 0 rings (SSSR count). The molecule has 0 atom stereocenters. The molecule has 0 aromatic heterocycles. The number of carbonyl (C=O) groups excluding carboxylic acids is 1. The highest BCUT2D eigenvalue weighted by atomic mass is 32.2. The van der Waals surface area contributed by atoms with Gasteiger partial charge in [0, 0.05) is 24.4 Å². The first-order chi connectivity index (χ1) is 7.06. The highest BCUT2D eigenvalue weighted by molar-refractivity contribution is 8.03. The zero-order chi connectivity index (χ0) is 11.7. The molecule has 0 aliphatic rings. The number of Topliss-reactive ketones (excluding diaryl/α,β-unsaturated/α-hetero) is 1. The minimum absolute atomic E-state index is 0.261. The first-order valence-electron chi connectivity index (χ1n) is 5.31. The quantitative estimate of drug-likeness (QED) is 0.492. The molecule has 86 valence electrons. The topological polar surface area (TPSA) is 29.4 Å². The molecule has 0 spiro atoms. The molecule has 0 fully saturated rings. The van der Waals surface area contributed by atoms with Crippen LogP contribution in [0.4, 0.5) is 0 Å². The number of allylic oxidation sites excluding steroid dienone is 2. The fourth-order valence-electron chi connectivity index (χ4n) is 1.05. The van der Waals surface area contributed by atoms with Crippen molar-refractivity contribution in [3.8, 4) is 0 Å². The molecular weight excluding hydrogens is 206 g/mol. The van der Waals surface area contributed by atoms with E-state index in [0.29, 0.717) is 6.42 Å². The Kier molecular flexibility index (Phi) is 8.38. The van der Waals surface area contributed by atoms with Crippen LogP contribution in [0.5, 0.6) is 0 Å². The summed E-state index contributed by atoms with van der Waals surface area (Å²) in [4.78, 5) is 16.5. The van der Waals surface area contributed by atoms with Crippen LogP contribution in [-0.4, -0.2) is 23.8 Å². The number of hydrogen-bond acceptors (Lipinski definition) is 3. The number of hydrogen-bond donors (Lipinski definition) is 0. The molecule has 2 nitrogen and oxygen atoms in total. The van der Waals surface area contributed by atoms with E-state index in [-0.39, 0.29) is 5.78 Å². The molecule has 0 heterocycles. The Morgan fingerprint density at radius 3 is 2.40 bits per heavy atom. The lowest BCUT2D eigenvalue weighted by Crippen LogP contribution is -1.93. The van der Waals surface area contributed by atoms with Gasteiger partial charge in [0.15, 0.2) is 0 Å². The summed E-state index contributed by atoms with van der Waals surface area (Å²) in [6, 6.07) is 0. The van der Waals surface area contributed by atoms with Gasteiger partial charge in [0.05, 0.1) is 0 Å². The first-order valence-corrected chi connectivity index (χ1v) is 6.30. The van der Waals surface area contributed by atoms with Crippen LogP contribution in [0, 0.1) is 0 Å². The fourth-order valence-corrected chi connectivity index (χ4v) is 1.90. The predicted molar refractivity (Wildman–Crippen MR) is 69.8 cm³/mol. The van der Waals surface area contributed by atoms with Crippen molar-refractivity contribution in [2.75, 3.05) is 12.3 Å². The Morgan fingerprint density at radius 2 is 1.93 bits per heavy atom. The molecule has 0 aromatic carbocycles. The molecule has 0 unspecified atom stereocenters. The van der Waals surface area contributed by atoms with E-state index in [2.05, 4.69) is 11.1 Å². The maximum absolute atomic E-state index is 10.8. The van der Waals surface area contributed by atoms with Crippen molar-refractivity contribution in [3.05, 3.63) is 11.0 Å². The van der Waals surface area contributed by atoms with E-state index in [1.54, 1.807) is 6.92 Å². The van der Waals surface area contributed by atoms with Gasteiger partial charge in [0.1, 0.15) is 5.78 Å². The van der Waals surface area contributed by atoms with Crippen molar-refractivity contribution in [3.63, 3.8) is 0 Å². The zero-order valence-corrected chi connectivity index (χ0v) is 11.0. The largest absolute Gasteiger partial charge is 0.300 e. The van der Waals surface area contributed by atoms with E-state index in [9.17, 15) is 4.79 Å². The summed E-state index contributed by atoms with van der Waals surface area (Å²) in [6.07, 6.45) is 3.63. The Balaban J connectivity index is 3.72. The molecule has 0 N–H and O–H groups in total. The van der Waals surface area contributed by atoms with Crippen molar-refractivity contribution < 1.29 is 4.79 Å². The maximum Gasteiger partial charge on any atom is 0.130 e. The monoisotopic (exact) mass is 227 g/mol. The molecular formula is C12H21NOS. The summed E-state index contributed by atoms with van der Waals surface area (Å²) in [7, 11) is 0. The molecule has 0 aromatic rings. The Hall–Kier alpha value is -0.570. The molecule has 0 bridgehead atoms. The minimum Gasteiger partial charge on any atom is -0.300 e. The molecule has 0 saturated heterocycles. The van der Waals surface area contributed by atoms with Crippen LogP contribution in [0.2, 0.25) is 0 Å². The third-order valence-corrected chi connectivity index (χ3v) is 3.05. The lowest BCUT2D eigenvalue weighted by atomic mass is 10.2. The molecule has 0 amide bonds. The Labute approximate surface area is 97.2 Å². The molecule has 0 saturated carbocycles. The summed E-state index contributed by atoms with van der Waals surface area (Å²) in [6.45, 7) is 8.55. The van der Waals surface area contributed by atoms with Crippen molar-refractivity contribution >= 4 is 23.3 Å². The van der Waals surface area contributed by atoms with E-state index in [1.165, 1.54) is 4.91 Å². The molecule has 0 radical (unpaired) electrons. The zero-order valence-electron chi connectivity index (χ0n) is 10.2. The van der Waals surface area contributed by atoms with Crippen molar-refractivity contribution in [2.24, 2.45) is 4.99 Å². The van der Waals surface area contributed by atoms with Gasteiger partial charge < -0.3 is 4.79 Å². The van der Waals surface area contributed by atoms with Crippen LogP contribution in [0.25, 0.3) is 0 Å². The number of aliphatic imine (C=N–C) groups is 1. The van der Waals surface area contributed by atoms with E-state index >= 15 is 0 Å². The third kappa shape index (κ3) is 9.73. The van der Waals surface area contributed by atoms with E-state index in [1.807, 2.05) is 32.5 Å². The summed E-state index contributed by atoms with van der Waals surface area (Å²) in [5.74, 6) is 1.26. The van der Waals surface area contributed by atoms with Gasteiger partial charge in [-0.25, -0.2) is 0 Å². The standard InChI is InChI=1S/C12H21NOS/c1-5-12(7-6-11(4)14)15-9-8-13-10(2)3/h5H,6-9H2,1-4H3. The van der Waals surface area contributed by atoms with Gasteiger partial charge in [0.25, 0.3) is 0 Å². The molecule has 0 aliphatic carbocycles. The summed E-state index contributed by atoms with van der Waals surface area (Å²) < 4.78 is 0. The third-order valence-electron chi connectivity index (χ3n) is 1.85. The molecule has 0 aliphatic heterocycles. The Bertz CT molecular complexity index is 252. The van der Waals surface area contributed by atoms with E-state index in [0.717, 1.165) is 24.4 Å². The lowest BCUT2D eigenvalue weighted by Gasteiger charge is -2.04. The number of nitrogens with zero attached hydrogens (tertiary/aromatic N) is 1. The Morgan fingerprint density at radius 1 is 1.27 bits per heavy atom. The normalized spacial score (nSPS) is 11.3. The molecule has 15 heavy (non-hydrogen) atoms. The summed E-state index contributed by atoms with van der Waals surface area (Å²) >= 11 is 1.81. The van der Waals surface area contributed by atoms with Crippen LogP contribution in [0.3, 0.4) is 0 Å². The van der Waals surface area contributed by atoms with Crippen LogP contribution in [-0.2, 0) is 4.79 Å². The number of ketones is 1. The van der Waals surface area contributed by atoms with Gasteiger partial charge in [-0.2, -0.15) is 0 Å². The van der Waals surface area contributed by atoms with Crippen LogP contribution in [0.15, 0.2) is 16.0 Å². The molecule has 3 heteroatoms. The smallest absolute Gasteiger partial charge is 0.130 e. The van der Waals surface area contributed by atoms with Gasteiger partial charge in [-0.3, -0.25) is 4.99 Å². The second-order valence-corrected chi connectivity index (χ2v) is 4.86. The summed E-state index contributed by atoms with van der Waals surface area (Å²) in [5, 5.41) is 0. The van der Waals surface area contributed by atoms with Crippen molar-refractivity contribution in [2.45, 2.75) is 40.5 Å².